The van der Waals surface area contributed by atoms with Crippen molar-refractivity contribution in [1.82, 2.24) is 9.97 Å². The van der Waals surface area contributed by atoms with Crippen molar-refractivity contribution in [2.24, 2.45) is 0 Å². The molecule has 4 heteroatoms. The molecular weight excluding hydrogens is 266 g/mol. The van der Waals surface area contributed by atoms with Gasteiger partial charge in [-0.1, -0.05) is 30.3 Å². The lowest BCUT2D eigenvalue weighted by atomic mass is 10.2. The van der Waals surface area contributed by atoms with Gasteiger partial charge in [0, 0.05) is 22.8 Å². The number of nitriles is 1. The Morgan fingerprint density at radius 2 is 2.05 bits per heavy atom. The molecule has 0 aliphatic rings. The van der Waals surface area contributed by atoms with Crippen LogP contribution in [0, 0.1) is 11.3 Å². The van der Waals surface area contributed by atoms with Crippen LogP contribution < -0.4 is 0 Å². The fourth-order valence-corrected chi connectivity index (χ4v) is 2.66. The van der Waals surface area contributed by atoms with E-state index in [2.05, 4.69) is 16.0 Å². The number of hydrogen-bond acceptors (Lipinski definition) is 3. The second-order valence-corrected chi connectivity index (χ2v) is 5.06. The van der Waals surface area contributed by atoms with Crippen LogP contribution in [0.5, 0.6) is 0 Å². The molecule has 3 aromatic rings. The minimum atomic E-state index is 0.569. The van der Waals surface area contributed by atoms with Gasteiger partial charge in [-0.25, -0.2) is 4.98 Å². The van der Waals surface area contributed by atoms with E-state index >= 15 is 0 Å². The third-order valence-electron chi connectivity index (χ3n) is 2.85. The molecule has 0 aliphatic heterocycles. The first-order chi connectivity index (χ1) is 9.86. The summed E-state index contributed by atoms with van der Waals surface area (Å²) in [7, 11) is 0. The van der Waals surface area contributed by atoms with Crippen LogP contribution >= 0.6 is 11.3 Å². The Balaban J connectivity index is 1.95. The van der Waals surface area contributed by atoms with E-state index in [9.17, 15) is 5.26 Å². The van der Waals surface area contributed by atoms with Crippen molar-refractivity contribution in [2.45, 2.75) is 0 Å². The summed E-state index contributed by atoms with van der Waals surface area (Å²) in [6, 6.07) is 16.0. The largest absolute Gasteiger partial charge is 0.362 e. The van der Waals surface area contributed by atoms with E-state index in [0.29, 0.717) is 5.57 Å². The smallest absolute Gasteiger partial charge is 0.134 e. The minimum absolute atomic E-state index is 0.569. The van der Waals surface area contributed by atoms with Gasteiger partial charge < -0.3 is 4.98 Å². The summed E-state index contributed by atoms with van der Waals surface area (Å²) in [5.74, 6) is 0. The number of hydrogen-bond donors (Lipinski definition) is 1. The van der Waals surface area contributed by atoms with Crippen molar-refractivity contribution in [1.29, 1.82) is 5.26 Å². The lowest BCUT2D eigenvalue weighted by molar-refractivity contribution is 1.36. The summed E-state index contributed by atoms with van der Waals surface area (Å²) in [6.45, 7) is 0. The summed E-state index contributed by atoms with van der Waals surface area (Å²) in [5.41, 5.74) is 3.43. The van der Waals surface area contributed by atoms with E-state index in [1.54, 1.807) is 0 Å². The number of nitrogens with one attached hydrogen (secondary N) is 1. The average Bonchev–Trinajstić information content (AvgIpc) is 3.17. The maximum absolute atomic E-state index is 9.29. The summed E-state index contributed by atoms with van der Waals surface area (Å²) in [5, 5.41) is 12.0. The van der Waals surface area contributed by atoms with Gasteiger partial charge in [-0.3, -0.25) is 0 Å². The van der Waals surface area contributed by atoms with Crippen molar-refractivity contribution in [3.8, 4) is 17.3 Å². The van der Waals surface area contributed by atoms with Crippen molar-refractivity contribution in [3.63, 3.8) is 0 Å². The lowest BCUT2D eigenvalue weighted by Crippen LogP contribution is -1.82. The van der Waals surface area contributed by atoms with Gasteiger partial charge in [0.05, 0.1) is 11.3 Å². The maximum atomic E-state index is 9.29. The van der Waals surface area contributed by atoms with Crippen molar-refractivity contribution >= 4 is 23.0 Å². The van der Waals surface area contributed by atoms with E-state index in [4.69, 9.17) is 0 Å². The molecule has 0 atom stereocenters. The summed E-state index contributed by atoms with van der Waals surface area (Å²) in [6.07, 6.45) is 3.64. The number of aromatic amines is 1. The molecule has 0 amide bonds. The van der Waals surface area contributed by atoms with Gasteiger partial charge >= 0.3 is 0 Å². The highest BCUT2D eigenvalue weighted by atomic mass is 32.1. The average molecular weight is 277 g/mol. The Kier molecular flexibility index (Phi) is 3.44. The Hall–Kier alpha value is -2.64. The van der Waals surface area contributed by atoms with Gasteiger partial charge in [0.25, 0.3) is 0 Å². The molecule has 0 spiro atoms. The Morgan fingerprint density at radius 3 is 2.75 bits per heavy atom. The van der Waals surface area contributed by atoms with Crippen LogP contribution in [0.1, 0.15) is 10.7 Å². The third kappa shape index (κ3) is 2.53. The molecule has 2 aromatic heterocycles. The highest BCUT2D eigenvalue weighted by Crippen LogP contribution is 2.26. The van der Waals surface area contributed by atoms with Crippen LogP contribution in [0.4, 0.5) is 0 Å². The van der Waals surface area contributed by atoms with Crippen LogP contribution in [0.15, 0.2) is 54.0 Å². The first-order valence-electron chi connectivity index (χ1n) is 6.13. The van der Waals surface area contributed by atoms with Crippen molar-refractivity contribution in [3.05, 3.63) is 64.7 Å². The highest BCUT2D eigenvalue weighted by Gasteiger charge is 2.08. The van der Waals surface area contributed by atoms with Crippen LogP contribution in [0.2, 0.25) is 0 Å². The SMILES string of the molecule is N#CC(=Cc1ccc[nH]1)c1nc(-c2ccccc2)cs1. The molecule has 0 saturated carbocycles. The summed E-state index contributed by atoms with van der Waals surface area (Å²) >= 11 is 1.48. The number of rotatable bonds is 3. The van der Waals surface area contributed by atoms with Gasteiger partial charge in [-0.05, 0) is 18.2 Å². The topological polar surface area (TPSA) is 52.5 Å². The molecule has 20 heavy (non-hydrogen) atoms. The summed E-state index contributed by atoms with van der Waals surface area (Å²) in [4.78, 5) is 7.61. The zero-order valence-corrected chi connectivity index (χ0v) is 11.4. The molecule has 0 bridgehead atoms. The molecule has 0 radical (unpaired) electrons. The fourth-order valence-electron chi connectivity index (χ4n) is 1.87. The molecule has 1 aromatic carbocycles. The fraction of sp³-hybridized carbons (Fsp3) is 0. The summed E-state index contributed by atoms with van der Waals surface area (Å²) < 4.78 is 0. The normalized spacial score (nSPS) is 11.2. The lowest BCUT2D eigenvalue weighted by Gasteiger charge is -1.95. The molecule has 2 heterocycles. The van der Waals surface area contributed by atoms with Gasteiger partial charge in [0.2, 0.25) is 0 Å². The maximum Gasteiger partial charge on any atom is 0.134 e. The minimum Gasteiger partial charge on any atom is -0.362 e. The molecule has 3 nitrogen and oxygen atoms in total. The Bertz CT molecular complexity index is 762. The van der Waals surface area contributed by atoms with Crippen molar-refractivity contribution in [2.75, 3.05) is 0 Å². The van der Waals surface area contributed by atoms with E-state index in [1.807, 2.05) is 60.1 Å². The Labute approximate surface area is 120 Å². The van der Waals surface area contributed by atoms with Gasteiger partial charge in [-0.2, -0.15) is 5.26 Å². The molecule has 96 valence electrons. The number of allylic oxidation sites excluding steroid dienone is 1. The zero-order chi connectivity index (χ0) is 13.8. The zero-order valence-electron chi connectivity index (χ0n) is 10.6. The molecule has 3 rings (SSSR count). The Morgan fingerprint density at radius 1 is 1.20 bits per heavy atom. The number of aromatic nitrogens is 2. The molecule has 0 saturated heterocycles. The van der Waals surface area contributed by atoms with Crippen LogP contribution in [0.25, 0.3) is 22.9 Å². The van der Waals surface area contributed by atoms with Gasteiger partial charge in [0.15, 0.2) is 0 Å². The first kappa shape index (κ1) is 12.4. The molecule has 1 N–H and O–H groups in total. The van der Waals surface area contributed by atoms with E-state index < -0.39 is 0 Å². The van der Waals surface area contributed by atoms with E-state index in [-0.39, 0.29) is 0 Å². The second-order valence-electron chi connectivity index (χ2n) is 4.20. The third-order valence-corrected chi connectivity index (χ3v) is 3.72. The number of benzene rings is 1. The highest BCUT2D eigenvalue weighted by molar-refractivity contribution is 7.11. The van der Waals surface area contributed by atoms with Crippen LogP contribution in [-0.4, -0.2) is 9.97 Å². The molecule has 0 aliphatic carbocycles. The van der Waals surface area contributed by atoms with E-state index in [0.717, 1.165) is 22.0 Å². The number of H-pyrrole nitrogens is 1. The number of thiazole rings is 1. The monoisotopic (exact) mass is 277 g/mol. The van der Waals surface area contributed by atoms with Crippen molar-refractivity contribution < 1.29 is 0 Å². The predicted octanol–water partition coefficient (Wildman–Crippen LogP) is 4.20. The second kappa shape index (κ2) is 5.55. The molecule has 0 unspecified atom stereocenters. The molecular formula is C16H11N3S. The van der Waals surface area contributed by atoms with Gasteiger partial charge in [-0.15, -0.1) is 11.3 Å². The first-order valence-corrected chi connectivity index (χ1v) is 7.01. The van der Waals surface area contributed by atoms with Crippen LogP contribution in [0.3, 0.4) is 0 Å². The van der Waals surface area contributed by atoms with Crippen LogP contribution in [-0.2, 0) is 0 Å². The number of nitrogens with zero attached hydrogens (tertiary/aromatic N) is 2. The molecule has 0 fully saturated rings. The quantitative estimate of drug-likeness (QED) is 0.729. The van der Waals surface area contributed by atoms with Gasteiger partial charge in [0.1, 0.15) is 11.1 Å². The van der Waals surface area contributed by atoms with E-state index in [1.165, 1.54) is 11.3 Å². The predicted molar refractivity (Wildman–Crippen MR) is 81.8 cm³/mol. The standard InChI is InChI=1S/C16H11N3S/c17-10-13(9-14-7-4-8-18-14)16-19-15(11-20-16)12-5-2-1-3-6-12/h1-9,11,18H.